The van der Waals surface area contributed by atoms with Crippen LogP contribution in [0.4, 0.5) is 0 Å². The molecule has 1 heterocycles. The van der Waals surface area contributed by atoms with Crippen LogP contribution >= 0.6 is 0 Å². The Morgan fingerprint density at radius 1 is 1.21 bits per heavy atom. The molecule has 2 N–H and O–H groups in total. The molecule has 1 unspecified atom stereocenters. The molecule has 7 nitrogen and oxygen atoms in total. The number of hydrogen-bond acceptors (Lipinski definition) is 5. The lowest BCUT2D eigenvalue weighted by atomic mass is 10.2. The van der Waals surface area contributed by atoms with E-state index in [4.69, 9.17) is 14.2 Å². The van der Waals surface area contributed by atoms with Gasteiger partial charge in [-0.05, 0) is 58.5 Å². The minimum atomic E-state index is 0.272. The summed E-state index contributed by atoms with van der Waals surface area (Å²) in [5.74, 6) is 3.10. The third-order valence-electron chi connectivity index (χ3n) is 4.71. The van der Waals surface area contributed by atoms with Crippen LogP contribution in [-0.4, -0.2) is 63.0 Å². The molecule has 7 heteroatoms. The molecule has 0 radical (unpaired) electrons. The van der Waals surface area contributed by atoms with E-state index in [1.807, 2.05) is 18.2 Å². The monoisotopic (exact) mass is 392 g/mol. The van der Waals surface area contributed by atoms with Crippen LogP contribution in [0.25, 0.3) is 0 Å². The smallest absolute Gasteiger partial charge is 0.231 e. The summed E-state index contributed by atoms with van der Waals surface area (Å²) in [5, 5.41) is 6.79. The molecule has 158 valence electrons. The van der Waals surface area contributed by atoms with E-state index in [9.17, 15) is 0 Å². The topological polar surface area (TPSA) is 67.4 Å². The normalized spacial score (nSPS) is 14.2. The lowest BCUT2D eigenvalue weighted by Crippen LogP contribution is -2.42. The van der Waals surface area contributed by atoms with Gasteiger partial charge in [-0.15, -0.1) is 0 Å². The summed E-state index contributed by atoms with van der Waals surface area (Å²) < 4.78 is 16.5. The van der Waals surface area contributed by atoms with Crippen molar-refractivity contribution < 1.29 is 14.2 Å². The van der Waals surface area contributed by atoms with Gasteiger partial charge in [-0.1, -0.05) is 13.8 Å². The zero-order chi connectivity index (χ0) is 20.2. The van der Waals surface area contributed by atoms with Crippen LogP contribution in [0.2, 0.25) is 0 Å². The Hall–Kier alpha value is -2.15. The van der Waals surface area contributed by atoms with Crippen molar-refractivity contribution in [2.24, 2.45) is 4.99 Å². The average molecular weight is 393 g/mol. The first-order valence-electron chi connectivity index (χ1n) is 10.5. The minimum Gasteiger partial charge on any atom is -0.492 e. The maximum atomic E-state index is 5.78. The summed E-state index contributed by atoms with van der Waals surface area (Å²) in [6, 6.07) is 5.99. The number of nitrogens with zero attached hydrogens (tertiary/aromatic N) is 2. The van der Waals surface area contributed by atoms with Gasteiger partial charge in [-0.3, -0.25) is 0 Å². The van der Waals surface area contributed by atoms with Crippen molar-refractivity contribution in [1.82, 2.24) is 15.5 Å². The minimum absolute atomic E-state index is 0.272. The molecule has 0 amide bonds. The third kappa shape index (κ3) is 7.46. The Labute approximate surface area is 169 Å². The van der Waals surface area contributed by atoms with Crippen LogP contribution in [-0.2, 0) is 0 Å². The maximum absolute atomic E-state index is 5.78. The highest BCUT2D eigenvalue weighted by molar-refractivity contribution is 5.80. The second-order valence-electron chi connectivity index (χ2n) is 6.84. The Balaban J connectivity index is 1.72. The molecule has 1 aliphatic heterocycles. The van der Waals surface area contributed by atoms with Gasteiger partial charge >= 0.3 is 0 Å². The van der Waals surface area contributed by atoms with Crippen molar-refractivity contribution in [2.45, 2.75) is 46.6 Å². The number of benzene rings is 1. The number of ether oxygens (including phenoxy) is 3. The summed E-state index contributed by atoms with van der Waals surface area (Å²) in [6.45, 7) is 14.3. The fraction of sp³-hybridized carbons (Fsp3) is 0.667. The van der Waals surface area contributed by atoms with Crippen LogP contribution in [0.1, 0.15) is 40.5 Å². The predicted molar refractivity (Wildman–Crippen MR) is 114 cm³/mol. The van der Waals surface area contributed by atoms with Crippen molar-refractivity contribution >= 4 is 5.96 Å². The standard InChI is InChI=1S/C21H36N4O3/c1-5-22-21(24-17(4)9-8-13-25(6-2)7-3)23-12-14-26-18-10-11-19-20(15-18)28-16-27-19/h10-11,15,17H,5-9,12-14,16H2,1-4H3,(H2,22,23,24). The molecule has 0 saturated heterocycles. The Bertz CT molecular complexity index is 605. The third-order valence-corrected chi connectivity index (χ3v) is 4.71. The number of hydrogen-bond donors (Lipinski definition) is 2. The van der Waals surface area contributed by atoms with Gasteiger partial charge in [0.25, 0.3) is 0 Å². The summed E-state index contributed by atoms with van der Waals surface area (Å²) >= 11 is 0. The number of rotatable bonds is 12. The molecule has 0 fully saturated rings. The Morgan fingerprint density at radius 2 is 2.00 bits per heavy atom. The molecule has 0 spiro atoms. The average Bonchev–Trinajstić information content (AvgIpc) is 3.16. The Morgan fingerprint density at radius 3 is 2.75 bits per heavy atom. The fourth-order valence-electron chi connectivity index (χ4n) is 3.07. The van der Waals surface area contributed by atoms with E-state index in [0.717, 1.165) is 55.8 Å². The van der Waals surface area contributed by atoms with E-state index in [0.29, 0.717) is 19.2 Å². The molecule has 0 saturated carbocycles. The maximum Gasteiger partial charge on any atom is 0.231 e. The first kappa shape index (κ1) is 22.1. The number of aliphatic imine (C=N–C) groups is 1. The first-order valence-corrected chi connectivity index (χ1v) is 10.5. The second kappa shape index (κ2) is 12.3. The van der Waals surface area contributed by atoms with E-state index in [2.05, 4.69) is 48.2 Å². The van der Waals surface area contributed by atoms with Gasteiger partial charge in [0.1, 0.15) is 12.4 Å². The van der Waals surface area contributed by atoms with Gasteiger partial charge in [-0.2, -0.15) is 0 Å². The highest BCUT2D eigenvalue weighted by atomic mass is 16.7. The van der Waals surface area contributed by atoms with Gasteiger partial charge in [0.2, 0.25) is 6.79 Å². The highest BCUT2D eigenvalue weighted by Gasteiger charge is 2.13. The summed E-state index contributed by atoms with van der Waals surface area (Å²) in [5.41, 5.74) is 0. The van der Waals surface area contributed by atoms with E-state index in [1.54, 1.807) is 0 Å². The number of nitrogens with one attached hydrogen (secondary N) is 2. The largest absolute Gasteiger partial charge is 0.492 e. The predicted octanol–water partition coefficient (Wildman–Crippen LogP) is 2.86. The van der Waals surface area contributed by atoms with Crippen molar-refractivity contribution in [3.63, 3.8) is 0 Å². The van der Waals surface area contributed by atoms with Crippen molar-refractivity contribution in [3.05, 3.63) is 18.2 Å². The number of fused-ring (bicyclic) bond motifs is 1. The van der Waals surface area contributed by atoms with Crippen LogP contribution < -0.4 is 24.8 Å². The summed E-state index contributed by atoms with van der Waals surface area (Å²) in [7, 11) is 0. The van der Waals surface area contributed by atoms with Crippen LogP contribution in [0.15, 0.2) is 23.2 Å². The second-order valence-corrected chi connectivity index (χ2v) is 6.84. The van der Waals surface area contributed by atoms with Gasteiger partial charge in [-0.25, -0.2) is 4.99 Å². The SMILES string of the molecule is CCNC(=NCCOc1ccc2c(c1)OCO2)NC(C)CCCN(CC)CC. The van der Waals surface area contributed by atoms with E-state index in [1.165, 1.54) is 6.42 Å². The quantitative estimate of drug-likeness (QED) is 0.324. The molecule has 1 aromatic carbocycles. The lowest BCUT2D eigenvalue weighted by molar-refractivity contribution is 0.173. The van der Waals surface area contributed by atoms with Gasteiger partial charge in [0.15, 0.2) is 17.5 Å². The molecule has 1 aliphatic rings. The summed E-state index contributed by atoms with van der Waals surface area (Å²) in [6.07, 6.45) is 2.30. The molecule has 1 aromatic rings. The van der Waals surface area contributed by atoms with Crippen LogP contribution in [0.3, 0.4) is 0 Å². The van der Waals surface area contributed by atoms with Crippen molar-refractivity contribution in [3.8, 4) is 17.2 Å². The Kier molecular flexibility index (Phi) is 9.76. The molecular weight excluding hydrogens is 356 g/mol. The number of guanidine groups is 1. The van der Waals surface area contributed by atoms with Crippen molar-refractivity contribution in [1.29, 1.82) is 0 Å². The zero-order valence-electron chi connectivity index (χ0n) is 17.8. The molecule has 2 rings (SSSR count). The molecule has 0 aliphatic carbocycles. The highest BCUT2D eigenvalue weighted by Crippen LogP contribution is 2.34. The molecule has 0 bridgehead atoms. The van der Waals surface area contributed by atoms with Crippen LogP contribution in [0.5, 0.6) is 17.2 Å². The zero-order valence-corrected chi connectivity index (χ0v) is 17.8. The van der Waals surface area contributed by atoms with Gasteiger partial charge in [0.05, 0.1) is 6.54 Å². The molecule has 1 atom stereocenters. The molecular formula is C21H36N4O3. The van der Waals surface area contributed by atoms with Gasteiger partial charge < -0.3 is 29.7 Å². The fourth-order valence-corrected chi connectivity index (χ4v) is 3.07. The van der Waals surface area contributed by atoms with E-state index in [-0.39, 0.29) is 6.79 Å². The van der Waals surface area contributed by atoms with Crippen LogP contribution in [0, 0.1) is 0 Å². The lowest BCUT2D eigenvalue weighted by Gasteiger charge is -2.21. The first-order chi connectivity index (χ1) is 13.7. The van der Waals surface area contributed by atoms with Gasteiger partial charge in [0, 0.05) is 18.7 Å². The van der Waals surface area contributed by atoms with Crippen molar-refractivity contribution in [2.75, 3.05) is 46.1 Å². The summed E-state index contributed by atoms with van der Waals surface area (Å²) in [4.78, 5) is 7.08. The van der Waals surface area contributed by atoms with E-state index >= 15 is 0 Å². The van der Waals surface area contributed by atoms with E-state index < -0.39 is 0 Å². The molecule has 0 aromatic heterocycles. The molecule has 28 heavy (non-hydrogen) atoms.